The number of fused-ring (bicyclic) bond motifs is 5. The van der Waals surface area contributed by atoms with E-state index in [1.165, 1.54) is 45.2 Å². The highest BCUT2D eigenvalue weighted by Crippen LogP contribution is 2.64. The number of carbonyl (C=O) groups is 7. The average Bonchev–Trinajstić information content (AvgIpc) is 0.824. The summed E-state index contributed by atoms with van der Waals surface area (Å²) in [5.41, 5.74) is -7.31. The van der Waals surface area contributed by atoms with Crippen LogP contribution in [0.2, 0.25) is 0 Å². The van der Waals surface area contributed by atoms with Crippen molar-refractivity contribution in [1.29, 1.82) is 0 Å². The van der Waals surface area contributed by atoms with Crippen molar-refractivity contribution in [2.45, 2.75) is 186 Å². The predicted octanol–water partition coefficient (Wildman–Crippen LogP) is 9.89. The second-order valence-corrected chi connectivity index (χ2v) is 22.9. The van der Waals surface area contributed by atoms with Crippen LogP contribution in [0.3, 0.4) is 0 Å². The molecule has 0 radical (unpaired) electrons. The molecule has 2 amide bonds. The van der Waals surface area contributed by atoms with Gasteiger partial charge in [-0.15, -0.1) is 0 Å². The first kappa shape index (κ1) is 62.6. The number of esters is 4. The van der Waals surface area contributed by atoms with Crippen molar-refractivity contribution in [1.82, 2.24) is 10.6 Å². The van der Waals surface area contributed by atoms with E-state index in [0.29, 0.717) is 12.0 Å². The third-order valence-corrected chi connectivity index (χ3v) is 17.1. The number of aliphatic hydroxyl groups is 2. The number of benzene rings is 3. The first-order chi connectivity index (χ1) is 39.2. The third-order valence-electron chi connectivity index (χ3n) is 17.1. The summed E-state index contributed by atoms with van der Waals surface area (Å²) < 4.78 is 37.1. The maximum Gasteiger partial charge on any atom is 0.408 e. The van der Waals surface area contributed by atoms with E-state index in [2.05, 4.69) is 41.9 Å². The van der Waals surface area contributed by atoms with Gasteiger partial charge < -0.3 is 49.3 Å². The smallest absolute Gasteiger partial charge is 0.408 e. The van der Waals surface area contributed by atoms with E-state index in [-0.39, 0.29) is 41.8 Å². The molecule has 3 aliphatic carbocycles. The molecular formula is C65H82N2O15. The molecule has 0 spiro atoms. The number of unbranched alkanes of at least 4 members (excludes halogenated alkanes) is 8. The lowest BCUT2D eigenvalue weighted by atomic mass is 9.44. The SMILES string of the molecule is CCCCC/C=C\C/C=C\CCCCCCCNC(=O)O[C@@H](C(=O)O[C@H]1C[C@@]2(O)[C@@H](OC(=O)c3ccccc3)[C@@H]3[C@]4(OC(C)=O)CO[C@@H]4C[C@H](O)[C@@]3(C)C(=O)[C@H](OC(C)=O)C(=C1C)C2(C)C)[C@@H](NC(=O)c1ccccc1)c1ccccc1. The van der Waals surface area contributed by atoms with Crippen LogP contribution >= 0.6 is 0 Å². The van der Waals surface area contributed by atoms with Gasteiger partial charge in [0, 0.05) is 44.2 Å². The maximum atomic E-state index is 15.8. The van der Waals surface area contributed by atoms with Gasteiger partial charge in [0.1, 0.15) is 30.0 Å². The van der Waals surface area contributed by atoms with E-state index in [1.54, 1.807) is 92.7 Å². The van der Waals surface area contributed by atoms with Crippen molar-refractivity contribution in [2.24, 2.45) is 16.7 Å². The number of ether oxygens (including phenoxy) is 6. The van der Waals surface area contributed by atoms with Gasteiger partial charge in [-0.1, -0.05) is 144 Å². The van der Waals surface area contributed by atoms with Crippen LogP contribution in [0.15, 0.2) is 126 Å². The Kier molecular flexibility index (Phi) is 21.3. The van der Waals surface area contributed by atoms with Crippen molar-refractivity contribution in [2.75, 3.05) is 13.2 Å². The Bertz CT molecular complexity index is 2820. The zero-order chi connectivity index (χ0) is 59.2. The molecule has 0 unspecified atom stereocenters. The van der Waals surface area contributed by atoms with E-state index in [9.17, 15) is 34.2 Å². The highest BCUT2D eigenvalue weighted by atomic mass is 16.6. The second-order valence-electron chi connectivity index (χ2n) is 22.9. The second kappa shape index (κ2) is 27.9. The molecule has 17 nitrogen and oxygen atoms in total. The van der Waals surface area contributed by atoms with E-state index < -0.39 is 119 Å². The number of hydrogen-bond donors (Lipinski definition) is 4. The summed E-state index contributed by atoms with van der Waals surface area (Å²) in [7, 11) is 0. The number of aliphatic hydroxyl groups excluding tert-OH is 1. The number of alkyl carbamates (subject to hydrolysis) is 1. The van der Waals surface area contributed by atoms with Gasteiger partial charge in [-0.2, -0.15) is 0 Å². The summed E-state index contributed by atoms with van der Waals surface area (Å²) >= 11 is 0. The summed E-state index contributed by atoms with van der Waals surface area (Å²) in [6.45, 7) is 10.4. The Morgan fingerprint density at radius 2 is 1.35 bits per heavy atom. The number of allylic oxidation sites excluding steroid dienone is 4. The topological polar surface area (TPSA) is 239 Å². The lowest BCUT2D eigenvalue weighted by Gasteiger charge is -2.67. The van der Waals surface area contributed by atoms with Crippen LogP contribution in [-0.2, 0) is 47.6 Å². The summed E-state index contributed by atoms with van der Waals surface area (Å²) in [4.78, 5) is 100. The van der Waals surface area contributed by atoms with Crippen LogP contribution < -0.4 is 10.6 Å². The monoisotopic (exact) mass is 1130 g/mol. The summed E-state index contributed by atoms with van der Waals surface area (Å²) in [6.07, 6.45) is 8.31. The predicted molar refractivity (Wildman–Crippen MR) is 305 cm³/mol. The number of Topliss-reactive ketones (excluding diaryl/α,β-unsaturated/α-hetero) is 1. The fourth-order valence-corrected chi connectivity index (χ4v) is 12.6. The van der Waals surface area contributed by atoms with Gasteiger partial charge in [0.05, 0.1) is 29.6 Å². The molecule has 1 heterocycles. The Balaban J connectivity index is 1.23. The molecule has 1 aliphatic heterocycles. The Labute approximate surface area is 481 Å². The van der Waals surface area contributed by atoms with Gasteiger partial charge >= 0.3 is 30.0 Å². The normalized spacial score (nSPS) is 27.1. The Morgan fingerprint density at radius 3 is 1.95 bits per heavy atom. The summed E-state index contributed by atoms with van der Waals surface area (Å²) in [5.74, 6) is -6.92. The largest absolute Gasteiger partial charge is 0.455 e. The lowest BCUT2D eigenvalue weighted by molar-refractivity contribution is -0.346. The molecule has 82 heavy (non-hydrogen) atoms. The number of rotatable bonds is 25. The highest BCUT2D eigenvalue weighted by molar-refractivity contribution is 5.96. The van der Waals surface area contributed by atoms with E-state index in [1.807, 2.05) is 0 Å². The van der Waals surface area contributed by atoms with Crippen molar-refractivity contribution < 1.29 is 72.2 Å². The van der Waals surface area contributed by atoms with E-state index in [4.69, 9.17) is 28.4 Å². The first-order valence-corrected chi connectivity index (χ1v) is 29.0. The van der Waals surface area contributed by atoms with Gasteiger partial charge in [0.15, 0.2) is 17.5 Å². The molecule has 4 N–H and O–H groups in total. The zero-order valence-corrected chi connectivity index (χ0v) is 48.4. The number of carbonyl (C=O) groups excluding carboxylic acids is 7. The van der Waals surface area contributed by atoms with Crippen LogP contribution in [0.1, 0.15) is 164 Å². The van der Waals surface area contributed by atoms with Crippen molar-refractivity contribution in [3.8, 4) is 0 Å². The quantitative estimate of drug-likeness (QED) is 0.0267. The van der Waals surface area contributed by atoms with E-state index >= 15 is 9.59 Å². The van der Waals surface area contributed by atoms with Crippen molar-refractivity contribution in [3.05, 3.63) is 143 Å². The van der Waals surface area contributed by atoms with Crippen LogP contribution in [0.25, 0.3) is 0 Å². The van der Waals surface area contributed by atoms with Crippen LogP contribution in [0, 0.1) is 16.7 Å². The minimum atomic E-state index is -2.46. The fourth-order valence-electron chi connectivity index (χ4n) is 12.6. The number of amides is 2. The number of hydrogen-bond acceptors (Lipinski definition) is 15. The Morgan fingerprint density at radius 1 is 0.756 bits per heavy atom. The van der Waals surface area contributed by atoms with Gasteiger partial charge in [-0.25, -0.2) is 14.4 Å². The van der Waals surface area contributed by atoms with Gasteiger partial charge in [0.2, 0.25) is 6.10 Å². The molecule has 2 bridgehead atoms. The first-order valence-electron chi connectivity index (χ1n) is 29.0. The molecule has 11 atom stereocenters. The van der Waals surface area contributed by atoms with Crippen LogP contribution in [0.5, 0.6) is 0 Å². The van der Waals surface area contributed by atoms with Crippen molar-refractivity contribution >= 4 is 41.7 Å². The summed E-state index contributed by atoms with van der Waals surface area (Å²) in [5, 5.41) is 32.0. The average molecular weight is 1130 g/mol. The molecule has 3 aromatic rings. The highest BCUT2D eigenvalue weighted by Gasteiger charge is 2.78. The number of nitrogens with one attached hydrogen (secondary N) is 2. The molecule has 3 aromatic carbocycles. The minimum absolute atomic E-state index is 0.0232. The molecule has 442 valence electrons. The van der Waals surface area contributed by atoms with Crippen molar-refractivity contribution in [3.63, 3.8) is 0 Å². The van der Waals surface area contributed by atoms with Gasteiger partial charge in [-0.3, -0.25) is 19.2 Å². The molecule has 17 heteroatoms. The van der Waals surface area contributed by atoms with Crippen LogP contribution in [0.4, 0.5) is 4.79 Å². The maximum absolute atomic E-state index is 15.8. The minimum Gasteiger partial charge on any atom is -0.455 e. The molecule has 7 rings (SSSR count). The van der Waals surface area contributed by atoms with E-state index in [0.717, 1.165) is 58.8 Å². The molecule has 3 fully saturated rings. The Hall–Kier alpha value is -6.95. The lowest BCUT2D eigenvalue weighted by Crippen LogP contribution is -2.82. The molecule has 0 aromatic heterocycles. The molecule has 1 saturated heterocycles. The third kappa shape index (κ3) is 13.8. The molecular weight excluding hydrogens is 1050 g/mol. The van der Waals surface area contributed by atoms with Gasteiger partial charge in [0.25, 0.3) is 5.91 Å². The molecule has 2 saturated carbocycles. The standard InChI is InChI=1S/C65H82N2O15/c1-8-9-10-11-12-13-14-15-16-17-18-19-20-21-31-38-66-61(75)80-54(52(45-32-25-22-26-33-45)67-58(72)46-34-27-23-28-35-46)60(74)79-48-40-65(76)57(81-59(73)47-36-29-24-30-37-47)55-63(7,49(70)39-50-64(55,41-77-50)82-44(4)69)56(71)53(78-43(3)68)51(42(48)2)62(65,5)6/h12-13,15-16,22-30,32-37,48-50,52-55,57,70,76H,8-11,14,17-21,31,38-41H2,1-7H3,(H,66,75)(H,67,72)/b13-12-,16-15-/t48-,49-,50+,52-,53+,54+,55-,57-,63+,64-,65+/m0/s1. The summed E-state index contributed by atoms with van der Waals surface area (Å²) in [6, 6.07) is 23.1. The zero-order valence-electron chi connectivity index (χ0n) is 48.4. The number of ketones is 1. The van der Waals surface area contributed by atoms with Crippen LogP contribution in [-0.4, -0.2) is 113 Å². The van der Waals surface area contributed by atoms with Gasteiger partial charge in [-0.05, 0) is 93.3 Å². The molecule has 4 aliphatic rings. The fraction of sp³-hybridized carbons (Fsp3) is 0.523.